The molecule has 0 bridgehead atoms. The van der Waals surface area contributed by atoms with Crippen LogP contribution in [0, 0.1) is 0 Å². The second kappa shape index (κ2) is 8.22. The number of likely N-dealkylation sites (tertiary alicyclic amines) is 1. The molecule has 1 saturated heterocycles. The van der Waals surface area contributed by atoms with Crippen LogP contribution in [0.15, 0.2) is 42.6 Å². The van der Waals surface area contributed by atoms with Crippen molar-refractivity contribution < 1.29 is 16.0 Å². The zero-order chi connectivity index (χ0) is 24.2. The molecule has 1 amide bonds. The van der Waals surface area contributed by atoms with Crippen molar-refractivity contribution in [1.29, 1.82) is 0 Å². The van der Waals surface area contributed by atoms with Crippen molar-refractivity contribution in [3.63, 3.8) is 0 Å². The summed E-state index contributed by atoms with van der Waals surface area (Å²) in [6, 6.07) is 12.0. The van der Waals surface area contributed by atoms with Crippen LogP contribution in [-0.4, -0.2) is 62.9 Å². The molecule has 0 spiro atoms. The van der Waals surface area contributed by atoms with Gasteiger partial charge in [-0.05, 0) is 42.5 Å². The summed E-state index contributed by atoms with van der Waals surface area (Å²) in [5, 5.41) is 16.6. The first-order valence-corrected chi connectivity index (χ1v) is 11.4. The van der Waals surface area contributed by atoms with Gasteiger partial charge in [-0.2, -0.15) is 5.10 Å². The Balaban J connectivity index is 1.36. The monoisotopic (exact) mass is 456 g/mol. The summed E-state index contributed by atoms with van der Waals surface area (Å²) in [7, 11) is 1.65. The van der Waals surface area contributed by atoms with Crippen LogP contribution in [0.4, 0.5) is 0 Å². The third kappa shape index (κ3) is 3.33. The van der Waals surface area contributed by atoms with Gasteiger partial charge in [0.1, 0.15) is 29.3 Å². The average molecular weight is 457 g/mol. The van der Waals surface area contributed by atoms with E-state index in [0.717, 1.165) is 47.1 Å². The van der Waals surface area contributed by atoms with Crippen LogP contribution < -0.4 is 4.74 Å². The van der Waals surface area contributed by atoms with Crippen LogP contribution in [0.3, 0.4) is 0 Å². The maximum absolute atomic E-state index is 11.6. The molecule has 2 aliphatic rings. The zero-order valence-electron chi connectivity index (χ0n) is 19.8. The number of H-pyrrole nitrogens is 1. The van der Waals surface area contributed by atoms with Crippen molar-refractivity contribution in [2.24, 2.45) is 0 Å². The predicted octanol–water partition coefficient (Wildman–Crippen LogP) is 3.10. The number of methoxy groups -OCH3 is 1. The Labute approximate surface area is 198 Å². The van der Waals surface area contributed by atoms with Crippen molar-refractivity contribution >= 4 is 16.9 Å². The maximum Gasteiger partial charge on any atom is 0.248 e. The van der Waals surface area contributed by atoms with Crippen LogP contribution in [0.25, 0.3) is 33.5 Å². The van der Waals surface area contributed by atoms with Gasteiger partial charge in [-0.3, -0.25) is 14.9 Å². The summed E-state index contributed by atoms with van der Waals surface area (Å²) in [5.41, 5.74) is 8.16. The fourth-order valence-electron chi connectivity index (χ4n) is 4.92. The van der Waals surface area contributed by atoms with Crippen molar-refractivity contribution in [3.8, 4) is 28.3 Å². The number of rotatable bonds is 5. The minimum atomic E-state index is -0.969. The van der Waals surface area contributed by atoms with Gasteiger partial charge in [0.05, 0.1) is 12.6 Å². The number of benzene rings is 1. The number of aromatic amines is 1. The van der Waals surface area contributed by atoms with Crippen molar-refractivity contribution in [2.75, 3.05) is 26.8 Å². The Hall–Kier alpha value is -3.78. The highest BCUT2D eigenvalue weighted by Gasteiger charge is 2.32. The zero-order valence-corrected chi connectivity index (χ0v) is 18.8. The van der Waals surface area contributed by atoms with E-state index >= 15 is 0 Å². The van der Waals surface area contributed by atoms with Crippen LogP contribution in [-0.2, 0) is 17.6 Å². The molecule has 6 rings (SSSR count). The summed E-state index contributed by atoms with van der Waals surface area (Å²) in [4.78, 5) is 22.6. The molecule has 8 nitrogen and oxygen atoms in total. The number of nitrogens with one attached hydrogen (secondary N) is 1. The van der Waals surface area contributed by atoms with Gasteiger partial charge in [-0.15, -0.1) is 0 Å². The molecular weight excluding hydrogens is 430 g/mol. The first-order valence-electron chi connectivity index (χ1n) is 11.9. The number of aliphatic hydroxyl groups excluding tert-OH is 1. The first kappa shape index (κ1) is 19.7. The molecule has 1 aliphatic carbocycles. The number of ether oxygens (including phenoxy) is 1. The van der Waals surface area contributed by atoms with E-state index in [1.54, 1.807) is 19.4 Å². The Morgan fingerprint density at radius 1 is 1.26 bits per heavy atom. The van der Waals surface area contributed by atoms with Crippen LogP contribution in [0.1, 0.15) is 30.5 Å². The van der Waals surface area contributed by atoms with Crippen molar-refractivity contribution in [1.82, 2.24) is 25.1 Å². The number of amides is 1. The van der Waals surface area contributed by atoms with Gasteiger partial charge in [-0.25, -0.2) is 4.98 Å². The standard InChI is InChI=1S/C26H25N5O3/c1-34-22-10-21-26(28-25(22)19-7-3-5-15-4-2-6-18(15)19)24(30-29-21)16-8-9-20(27-11-16)17-12-31(13-17)23(33)14-32/h3,5,7-11,17,32H,2,4,6,12-14H2,1H3,(H,29,30)/i17D. The van der Waals surface area contributed by atoms with Crippen LogP contribution >= 0.6 is 0 Å². The molecule has 3 aromatic heterocycles. The van der Waals surface area contributed by atoms with E-state index in [-0.39, 0.29) is 19.0 Å². The first-order chi connectivity index (χ1) is 17.0. The second-order valence-corrected chi connectivity index (χ2v) is 8.75. The van der Waals surface area contributed by atoms with Gasteiger partial charge in [-0.1, -0.05) is 18.2 Å². The molecule has 1 aliphatic heterocycles. The van der Waals surface area contributed by atoms with Crippen LogP contribution in [0.2, 0.25) is 0 Å². The van der Waals surface area contributed by atoms with Gasteiger partial charge in [0.25, 0.3) is 0 Å². The lowest BCUT2D eigenvalue weighted by atomic mass is 9.95. The molecule has 0 atom stereocenters. The number of hydrogen-bond donors (Lipinski definition) is 2. The second-order valence-electron chi connectivity index (χ2n) is 8.75. The number of carbonyl (C=O) groups excluding carboxylic acids is 1. The Bertz CT molecular complexity index is 1440. The minimum Gasteiger partial charge on any atom is -0.494 e. The molecule has 172 valence electrons. The molecule has 1 aromatic carbocycles. The summed E-state index contributed by atoms with van der Waals surface area (Å²) in [6.45, 7) is -0.105. The molecule has 0 saturated carbocycles. The number of nitrogens with zero attached hydrogens (tertiary/aromatic N) is 4. The van der Waals surface area contributed by atoms with Crippen molar-refractivity contribution in [2.45, 2.75) is 25.2 Å². The molecule has 34 heavy (non-hydrogen) atoms. The third-order valence-corrected chi connectivity index (χ3v) is 6.77. The van der Waals surface area contributed by atoms with E-state index in [2.05, 4.69) is 33.4 Å². The molecular formula is C26H25N5O3. The van der Waals surface area contributed by atoms with Gasteiger partial charge in [0, 0.05) is 49.4 Å². The number of fused-ring (bicyclic) bond motifs is 2. The van der Waals surface area contributed by atoms with E-state index in [0.29, 0.717) is 17.1 Å². The Morgan fingerprint density at radius 2 is 2.15 bits per heavy atom. The lowest BCUT2D eigenvalue weighted by molar-refractivity contribution is -0.138. The smallest absolute Gasteiger partial charge is 0.248 e. The normalized spacial score (nSPS) is 16.8. The van der Waals surface area contributed by atoms with E-state index in [1.807, 2.05) is 12.1 Å². The van der Waals surface area contributed by atoms with Gasteiger partial charge in [0.2, 0.25) is 5.91 Å². The summed E-state index contributed by atoms with van der Waals surface area (Å²) in [5.74, 6) is -0.637. The summed E-state index contributed by atoms with van der Waals surface area (Å²) < 4.78 is 14.3. The largest absolute Gasteiger partial charge is 0.494 e. The number of carbonyl (C=O) groups is 1. The summed E-state index contributed by atoms with van der Waals surface area (Å²) >= 11 is 0. The number of aryl methyl sites for hydroxylation is 1. The molecule has 8 heteroatoms. The fraction of sp³-hybridized carbons (Fsp3) is 0.308. The number of aromatic nitrogens is 4. The van der Waals surface area contributed by atoms with E-state index in [1.165, 1.54) is 16.0 Å². The van der Waals surface area contributed by atoms with Gasteiger partial charge < -0.3 is 14.7 Å². The summed E-state index contributed by atoms with van der Waals surface area (Å²) in [6.07, 6.45) is 4.97. The average Bonchev–Trinajstić information content (AvgIpc) is 3.52. The SMILES string of the molecule is [2H]C1(c2ccc(-c3n[nH]c4cc(OC)c(-c5cccc6c5CCC6)nc34)cn2)CN(C(=O)CO)C1. The highest BCUT2D eigenvalue weighted by atomic mass is 16.5. The highest BCUT2D eigenvalue weighted by Crippen LogP contribution is 2.39. The Kier molecular flexibility index (Phi) is 4.75. The number of aliphatic hydroxyl groups is 1. The minimum absolute atomic E-state index is 0.218. The molecule has 2 N–H and O–H groups in total. The fourth-order valence-corrected chi connectivity index (χ4v) is 4.92. The molecule has 0 unspecified atom stereocenters. The van der Waals surface area contributed by atoms with Crippen molar-refractivity contribution in [3.05, 3.63) is 59.4 Å². The van der Waals surface area contributed by atoms with Gasteiger partial charge >= 0.3 is 0 Å². The topological polar surface area (TPSA) is 104 Å². The maximum atomic E-state index is 11.6. The number of pyridine rings is 2. The number of hydrogen-bond acceptors (Lipinski definition) is 6. The molecule has 4 heterocycles. The Morgan fingerprint density at radius 3 is 2.91 bits per heavy atom. The molecule has 0 radical (unpaired) electrons. The molecule has 4 aromatic rings. The third-order valence-electron chi connectivity index (χ3n) is 6.77. The lowest BCUT2D eigenvalue weighted by Crippen LogP contribution is -2.49. The highest BCUT2D eigenvalue weighted by molar-refractivity contribution is 5.93. The van der Waals surface area contributed by atoms with E-state index < -0.39 is 12.5 Å². The lowest BCUT2D eigenvalue weighted by Gasteiger charge is -2.38. The quantitative estimate of drug-likeness (QED) is 0.478. The van der Waals surface area contributed by atoms with Gasteiger partial charge in [0.15, 0.2) is 0 Å². The molecule has 1 fully saturated rings. The van der Waals surface area contributed by atoms with E-state index in [4.69, 9.17) is 16.2 Å². The predicted molar refractivity (Wildman–Crippen MR) is 128 cm³/mol. The van der Waals surface area contributed by atoms with Crippen LogP contribution in [0.5, 0.6) is 5.75 Å². The van der Waals surface area contributed by atoms with E-state index in [9.17, 15) is 4.79 Å².